The maximum Gasteiger partial charge on any atom is 0.253 e. The van der Waals surface area contributed by atoms with Crippen LogP contribution in [0.4, 0.5) is 10.1 Å². The van der Waals surface area contributed by atoms with Gasteiger partial charge in [0, 0.05) is 35.9 Å². The fraction of sp³-hybridized carbons (Fsp3) is 0.238. The zero-order valence-corrected chi connectivity index (χ0v) is 15.4. The molecule has 3 rings (SSSR count). The lowest BCUT2D eigenvalue weighted by atomic mass is 9.86. The molecule has 0 fully saturated rings. The molecule has 0 saturated carbocycles. The van der Waals surface area contributed by atoms with Crippen LogP contribution < -0.4 is 15.4 Å². The SMILES string of the molecule is COc1cc(C)c(C)c(NC(=O)C2=CNC(=O)CC2c2ccc(F)cc2)c1. The summed E-state index contributed by atoms with van der Waals surface area (Å²) in [6.45, 7) is 3.85. The molecule has 0 aliphatic carbocycles. The van der Waals surface area contributed by atoms with Gasteiger partial charge in [-0.05, 0) is 48.7 Å². The van der Waals surface area contributed by atoms with E-state index in [2.05, 4.69) is 10.6 Å². The summed E-state index contributed by atoms with van der Waals surface area (Å²) in [5.41, 5.74) is 3.70. The summed E-state index contributed by atoms with van der Waals surface area (Å²) in [5, 5.41) is 5.51. The lowest BCUT2D eigenvalue weighted by molar-refractivity contribution is -0.121. The first kappa shape index (κ1) is 18.6. The molecule has 1 unspecified atom stereocenters. The standard InChI is InChI=1S/C21H21FN2O3/c1-12-8-16(27-3)9-19(13(12)2)24-21(26)18-11-23-20(25)10-17(18)14-4-6-15(22)7-5-14/h4-9,11,17H,10H2,1-3H3,(H,23,25)(H,24,26). The first-order valence-corrected chi connectivity index (χ1v) is 8.60. The van der Waals surface area contributed by atoms with E-state index in [1.165, 1.54) is 18.3 Å². The molecular weight excluding hydrogens is 347 g/mol. The highest BCUT2D eigenvalue weighted by Crippen LogP contribution is 2.32. The normalized spacial score (nSPS) is 16.4. The van der Waals surface area contributed by atoms with Crippen LogP contribution in [0.25, 0.3) is 0 Å². The number of rotatable bonds is 4. The number of methoxy groups -OCH3 is 1. The highest BCUT2D eigenvalue weighted by molar-refractivity contribution is 6.06. The summed E-state index contributed by atoms with van der Waals surface area (Å²) in [4.78, 5) is 24.8. The molecule has 140 valence electrons. The maximum absolute atomic E-state index is 13.2. The molecule has 1 heterocycles. The van der Waals surface area contributed by atoms with Crippen LogP contribution in [0.2, 0.25) is 0 Å². The van der Waals surface area contributed by atoms with Gasteiger partial charge in [0.2, 0.25) is 5.91 Å². The van der Waals surface area contributed by atoms with Crippen LogP contribution in [0, 0.1) is 19.7 Å². The molecule has 0 saturated heterocycles. The van der Waals surface area contributed by atoms with Crippen molar-refractivity contribution in [1.82, 2.24) is 5.32 Å². The number of benzene rings is 2. The minimum absolute atomic E-state index is 0.126. The topological polar surface area (TPSA) is 67.4 Å². The van der Waals surface area contributed by atoms with E-state index >= 15 is 0 Å². The molecule has 1 aliphatic rings. The predicted molar refractivity (Wildman–Crippen MR) is 101 cm³/mol. The summed E-state index contributed by atoms with van der Waals surface area (Å²) in [5.74, 6) is -0.661. The minimum atomic E-state index is -0.439. The van der Waals surface area contributed by atoms with E-state index in [4.69, 9.17) is 4.74 Å². The molecule has 1 atom stereocenters. The van der Waals surface area contributed by atoms with Gasteiger partial charge in [-0.25, -0.2) is 4.39 Å². The average molecular weight is 368 g/mol. The third-order valence-electron chi connectivity index (χ3n) is 4.81. The fourth-order valence-corrected chi connectivity index (χ4v) is 3.10. The number of carbonyl (C=O) groups is 2. The van der Waals surface area contributed by atoms with Gasteiger partial charge in [0.15, 0.2) is 0 Å². The van der Waals surface area contributed by atoms with Crippen molar-refractivity contribution in [2.45, 2.75) is 26.2 Å². The maximum atomic E-state index is 13.2. The number of carbonyl (C=O) groups excluding carboxylic acids is 2. The Hall–Kier alpha value is -3.15. The van der Waals surface area contributed by atoms with E-state index in [-0.39, 0.29) is 24.1 Å². The van der Waals surface area contributed by atoms with Crippen LogP contribution in [0.5, 0.6) is 5.75 Å². The Morgan fingerprint density at radius 2 is 1.93 bits per heavy atom. The van der Waals surface area contributed by atoms with Crippen LogP contribution >= 0.6 is 0 Å². The Morgan fingerprint density at radius 3 is 2.59 bits per heavy atom. The molecular formula is C21H21FN2O3. The first-order chi connectivity index (χ1) is 12.9. The van der Waals surface area contributed by atoms with E-state index in [1.54, 1.807) is 25.3 Å². The molecule has 0 spiro atoms. The van der Waals surface area contributed by atoms with Gasteiger partial charge in [-0.15, -0.1) is 0 Å². The van der Waals surface area contributed by atoms with Crippen molar-refractivity contribution in [2.24, 2.45) is 0 Å². The van der Waals surface area contributed by atoms with E-state index in [9.17, 15) is 14.0 Å². The number of hydrogen-bond donors (Lipinski definition) is 2. The van der Waals surface area contributed by atoms with Crippen LogP contribution in [0.3, 0.4) is 0 Å². The monoisotopic (exact) mass is 368 g/mol. The summed E-state index contributed by atoms with van der Waals surface area (Å²) in [6, 6.07) is 9.50. The lowest BCUT2D eigenvalue weighted by Gasteiger charge is -2.24. The van der Waals surface area contributed by atoms with Crippen molar-refractivity contribution in [1.29, 1.82) is 0 Å². The highest BCUT2D eigenvalue weighted by atomic mass is 19.1. The summed E-state index contributed by atoms with van der Waals surface area (Å²) >= 11 is 0. The van der Waals surface area contributed by atoms with Gasteiger partial charge >= 0.3 is 0 Å². The molecule has 2 aromatic rings. The predicted octanol–water partition coefficient (Wildman–Crippen LogP) is 3.58. The second-order valence-electron chi connectivity index (χ2n) is 6.55. The van der Waals surface area contributed by atoms with Crippen LogP contribution in [0.1, 0.15) is 29.0 Å². The average Bonchev–Trinajstić information content (AvgIpc) is 2.65. The van der Waals surface area contributed by atoms with Gasteiger partial charge < -0.3 is 15.4 Å². The molecule has 27 heavy (non-hydrogen) atoms. The van der Waals surface area contributed by atoms with E-state index < -0.39 is 5.92 Å². The van der Waals surface area contributed by atoms with Crippen molar-refractivity contribution in [2.75, 3.05) is 12.4 Å². The van der Waals surface area contributed by atoms with Crippen molar-refractivity contribution in [3.05, 3.63) is 70.7 Å². The third-order valence-corrected chi connectivity index (χ3v) is 4.81. The van der Waals surface area contributed by atoms with Gasteiger partial charge in [0.1, 0.15) is 11.6 Å². The summed E-state index contributed by atoms with van der Waals surface area (Å²) in [7, 11) is 1.57. The van der Waals surface area contributed by atoms with E-state index in [0.717, 1.165) is 11.1 Å². The third kappa shape index (κ3) is 4.00. The molecule has 0 bridgehead atoms. The molecule has 2 aromatic carbocycles. The Kier molecular flexibility index (Phi) is 5.26. The van der Waals surface area contributed by atoms with Crippen LogP contribution in [-0.2, 0) is 9.59 Å². The van der Waals surface area contributed by atoms with Crippen molar-refractivity contribution >= 4 is 17.5 Å². The quantitative estimate of drug-likeness (QED) is 0.867. The Labute approximate surface area is 157 Å². The van der Waals surface area contributed by atoms with Gasteiger partial charge in [-0.2, -0.15) is 0 Å². The second kappa shape index (κ2) is 7.61. The Balaban J connectivity index is 1.91. The molecule has 0 aromatic heterocycles. The minimum Gasteiger partial charge on any atom is -0.497 e. The molecule has 2 N–H and O–H groups in total. The van der Waals surface area contributed by atoms with Gasteiger partial charge in [-0.1, -0.05) is 12.1 Å². The van der Waals surface area contributed by atoms with Gasteiger partial charge in [0.25, 0.3) is 5.91 Å². The van der Waals surface area contributed by atoms with E-state index in [1.807, 2.05) is 19.9 Å². The Bertz CT molecular complexity index is 920. The Morgan fingerprint density at radius 1 is 1.22 bits per heavy atom. The van der Waals surface area contributed by atoms with Crippen molar-refractivity contribution < 1.29 is 18.7 Å². The summed E-state index contributed by atoms with van der Waals surface area (Å²) in [6.07, 6.45) is 1.55. The zero-order chi connectivity index (χ0) is 19.6. The second-order valence-corrected chi connectivity index (χ2v) is 6.55. The zero-order valence-electron chi connectivity index (χ0n) is 15.4. The molecule has 2 amide bonds. The number of amides is 2. The fourth-order valence-electron chi connectivity index (χ4n) is 3.10. The highest BCUT2D eigenvalue weighted by Gasteiger charge is 2.29. The first-order valence-electron chi connectivity index (χ1n) is 8.60. The van der Waals surface area contributed by atoms with Gasteiger partial charge in [0.05, 0.1) is 7.11 Å². The molecule has 1 aliphatic heterocycles. The van der Waals surface area contributed by atoms with Crippen LogP contribution in [0.15, 0.2) is 48.2 Å². The number of anilines is 1. The largest absolute Gasteiger partial charge is 0.497 e. The van der Waals surface area contributed by atoms with Crippen molar-refractivity contribution in [3.63, 3.8) is 0 Å². The van der Waals surface area contributed by atoms with Crippen molar-refractivity contribution in [3.8, 4) is 5.75 Å². The lowest BCUT2D eigenvalue weighted by Crippen LogP contribution is -2.32. The number of ether oxygens (including phenoxy) is 1. The van der Waals surface area contributed by atoms with Gasteiger partial charge in [-0.3, -0.25) is 9.59 Å². The molecule has 6 heteroatoms. The number of hydrogen-bond acceptors (Lipinski definition) is 3. The number of halogens is 1. The van der Waals surface area contributed by atoms with E-state index in [0.29, 0.717) is 22.6 Å². The van der Waals surface area contributed by atoms with Crippen LogP contribution in [-0.4, -0.2) is 18.9 Å². The number of aryl methyl sites for hydroxylation is 1. The summed E-state index contributed by atoms with van der Waals surface area (Å²) < 4.78 is 18.5. The smallest absolute Gasteiger partial charge is 0.253 e. The molecule has 5 nitrogen and oxygen atoms in total. The number of nitrogens with one attached hydrogen (secondary N) is 2. The molecule has 0 radical (unpaired) electrons.